The maximum absolute atomic E-state index is 14.9. The van der Waals surface area contributed by atoms with Crippen molar-refractivity contribution in [3.63, 3.8) is 0 Å². The molecule has 1 aromatic carbocycles. The first-order valence-electron chi connectivity index (χ1n) is 10.7. The van der Waals surface area contributed by atoms with Crippen LogP contribution < -0.4 is 15.5 Å². The number of aromatic nitrogens is 4. The van der Waals surface area contributed by atoms with Crippen LogP contribution in [0.15, 0.2) is 45.9 Å². The van der Waals surface area contributed by atoms with Crippen molar-refractivity contribution in [3.8, 4) is 0 Å². The number of nitrogens with zero attached hydrogens (tertiary/aromatic N) is 5. The molecule has 1 amide bonds. The zero-order chi connectivity index (χ0) is 24.6. The van der Waals surface area contributed by atoms with Gasteiger partial charge in [0, 0.05) is 16.5 Å². The summed E-state index contributed by atoms with van der Waals surface area (Å²) in [5.41, 5.74) is 0.509. The second-order valence-electron chi connectivity index (χ2n) is 8.35. The molecule has 2 aromatic heterocycles. The molecule has 3 heterocycles. The van der Waals surface area contributed by atoms with Gasteiger partial charge in [-0.25, -0.2) is 14.4 Å². The largest absolute Gasteiger partial charge is 0.405 e. The predicted octanol–water partition coefficient (Wildman–Crippen LogP) is 4.45. The van der Waals surface area contributed by atoms with Crippen LogP contribution in [-0.2, 0) is 0 Å². The number of halogens is 4. The van der Waals surface area contributed by atoms with Crippen LogP contribution in [0.1, 0.15) is 23.2 Å². The minimum absolute atomic E-state index is 0.104. The summed E-state index contributed by atoms with van der Waals surface area (Å²) in [7, 11) is 0. The summed E-state index contributed by atoms with van der Waals surface area (Å²) in [6.45, 7) is -0.845. The highest BCUT2D eigenvalue weighted by Gasteiger charge is 2.54. The molecule has 2 aliphatic rings. The Morgan fingerprint density at radius 1 is 1.20 bits per heavy atom. The molecule has 1 saturated carbocycles. The lowest BCUT2D eigenvalue weighted by Gasteiger charge is -2.45. The smallest absolute Gasteiger partial charge is 0.350 e. The quantitative estimate of drug-likeness (QED) is 0.329. The summed E-state index contributed by atoms with van der Waals surface area (Å²) >= 11 is 2.51. The molecule has 14 heteroatoms. The van der Waals surface area contributed by atoms with E-state index in [4.69, 9.17) is 0 Å². The molecule has 8 nitrogen and oxygen atoms in total. The Morgan fingerprint density at radius 3 is 2.57 bits per heavy atom. The van der Waals surface area contributed by atoms with E-state index < -0.39 is 24.3 Å². The zero-order valence-electron chi connectivity index (χ0n) is 18.0. The first-order chi connectivity index (χ1) is 16.7. The molecular weight excluding hydrogens is 506 g/mol. The van der Waals surface area contributed by atoms with Crippen molar-refractivity contribution in [1.82, 2.24) is 25.5 Å². The fourth-order valence-electron chi connectivity index (χ4n) is 3.69. The van der Waals surface area contributed by atoms with Crippen LogP contribution in [0.4, 0.5) is 34.3 Å². The van der Waals surface area contributed by atoms with Gasteiger partial charge in [-0.05, 0) is 54.8 Å². The highest BCUT2D eigenvalue weighted by atomic mass is 32.2. The van der Waals surface area contributed by atoms with Crippen molar-refractivity contribution in [2.45, 2.75) is 34.7 Å². The van der Waals surface area contributed by atoms with E-state index in [-0.39, 0.29) is 24.6 Å². The summed E-state index contributed by atoms with van der Waals surface area (Å²) in [5.74, 6) is 0.357. The lowest BCUT2D eigenvalue weighted by atomic mass is 9.91. The van der Waals surface area contributed by atoms with Gasteiger partial charge in [-0.15, -0.1) is 10.2 Å². The molecular formula is C21H19F4N7OS2. The van der Waals surface area contributed by atoms with Gasteiger partial charge < -0.3 is 15.5 Å². The van der Waals surface area contributed by atoms with Crippen LogP contribution in [-0.4, -0.2) is 57.6 Å². The van der Waals surface area contributed by atoms with E-state index in [1.54, 1.807) is 23.7 Å². The van der Waals surface area contributed by atoms with E-state index in [9.17, 15) is 22.4 Å². The van der Waals surface area contributed by atoms with Gasteiger partial charge in [-0.3, -0.25) is 4.79 Å². The second-order valence-corrected chi connectivity index (χ2v) is 10.2. The fraction of sp³-hybridized carbons (Fsp3) is 0.381. The van der Waals surface area contributed by atoms with Crippen molar-refractivity contribution >= 4 is 45.8 Å². The number of amides is 1. The third-order valence-corrected chi connectivity index (χ3v) is 7.08. The van der Waals surface area contributed by atoms with Gasteiger partial charge >= 0.3 is 6.18 Å². The average molecular weight is 526 g/mol. The Hall–Kier alpha value is -3.00. The first kappa shape index (κ1) is 23.7. The van der Waals surface area contributed by atoms with E-state index in [1.165, 1.54) is 35.2 Å². The number of carbonyl (C=O) groups is 1. The summed E-state index contributed by atoms with van der Waals surface area (Å²) in [6.07, 6.45) is -2.64. The lowest BCUT2D eigenvalue weighted by molar-refractivity contribution is -0.123. The number of hydrogen-bond acceptors (Lipinski definition) is 9. The summed E-state index contributed by atoms with van der Waals surface area (Å²) in [4.78, 5) is 23.5. The molecule has 1 aliphatic heterocycles. The Balaban J connectivity index is 1.31. The third-order valence-electron chi connectivity index (χ3n) is 5.60. The molecule has 0 atom stereocenters. The Morgan fingerprint density at radius 2 is 1.94 bits per heavy atom. The number of rotatable bonds is 8. The van der Waals surface area contributed by atoms with Crippen molar-refractivity contribution in [2.75, 3.05) is 29.9 Å². The van der Waals surface area contributed by atoms with Crippen LogP contribution in [0.25, 0.3) is 0 Å². The first-order valence-corrected chi connectivity index (χ1v) is 12.4. The molecule has 5 rings (SSSR count). The van der Waals surface area contributed by atoms with Crippen LogP contribution in [0, 0.1) is 5.92 Å². The Labute approximate surface area is 205 Å². The highest BCUT2D eigenvalue weighted by molar-refractivity contribution is 7.99. The predicted molar refractivity (Wildman–Crippen MR) is 123 cm³/mol. The van der Waals surface area contributed by atoms with Gasteiger partial charge in [-0.1, -0.05) is 11.3 Å². The van der Waals surface area contributed by atoms with Crippen LogP contribution >= 0.6 is 23.1 Å². The molecule has 0 spiro atoms. The number of nitrogens with one attached hydrogen (secondary N) is 2. The van der Waals surface area contributed by atoms with Gasteiger partial charge in [0.05, 0.1) is 13.1 Å². The van der Waals surface area contributed by atoms with E-state index >= 15 is 0 Å². The average Bonchev–Trinajstić information content (AvgIpc) is 3.53. The van der Waals surface area contributed by atoms with Gasteiger partial charge in [-0.2, -0.15) is 13.2 Å². The Kier molecular flexibility index (Phi) is 6.25. The zero-order valence-corrected chi connectivity index (χ0v) is 19.7. The minimum atomic E-state index is -4.48. The van der Waals surface area contributed by atoms with Gasteiger partial charge in [0.1, 0.15) is 29.4 Å². The Bertz CT molecular complexity index is 1200. The number of carbonyl (C=O) groups excluding carboxylic acids is 1. The molecule has 1 saturated heterocycles. The fourth-order valence-corrected chi connectivity index (χ4v) is 4.91. The molecule has 1 aliphatic carbocycles. The molecule has 2 fully saturated rings. The minimum Gasteiger partial charge on any atom is -0.350 e. The SMILES string of the molecule is O=C(NCC(F)(F)F)c1ccc(Sc2nc(Nc3nncs3)cc(N3CC(F)(C4CC4)C3)n2)cc1. The monoisotopic (exact) mass is 525 g/mol. The molecule has 0 bridgehead atoms. The van der Waals surface area contributed by atoms with Crippen LogP contribution in [0.2, 0.25) is 0 Å². The number of hydrogen-bond donors (Lipinski definition) is 2. The van der Waals surface area contributed by atoms with Gasteiger partial charge in [0.15, 0.2) is 5.16 Å². The maximum Gasteiger partial charge on any atom is 0.405 e. The normalized spacial score (nSPS) is 17.1. The van der Waals surface area contributed by atoms with E-state index in [0.29, 0.717) is 26.8 Å². The van der Waals surface area contributed by atoms with Crippen LogP contribution in [0.3, 0.4) is 0 Å². The van der Waals surface area contributed by atoms with E-state index in [0.717, 1.165) is 12.8 Å². The number of benzene rings is 1. The maximum atomic E-state index is 14.9. The van der Waals surface area contributed by atoms with E-state index in [1.807, 2.05) is 10.2 Å². The van der Waals surface area contributed by atoms with Crippen molar-refractivity contribution in [1.29, 1.82) is 0 Å². The van der Waals surface area contributed by atoms with Gasteiger partial charge in [0.25, 0.3) is 5.91 Å². The summed E-state index contributed by atoms with van der Waals surface area (Å²) in [5, 5.41) is 13.6. The van der Waals surface area contributed by atoms with Crippen molar-refractivity contribution in [3.05, 3.63) is 41.4 Å². The molecule has 0 radical (unpaired) electrons. The summed E-state index contributed by atoms with van der Waals surface area (Å²) < 4.78 is 51.9. The second kappa shape index (κ2) is 9.22. The van der Waals surface area contributed by atoms with Gasteiger partial charge in [0.2, 0.25) is 5.13 Å². The highest BCUT2D eigenvalue weighted by Crippen LogP contribution is 2.48. The summed E-state index contributed by atoms with van der Waals surface area (Å²) in [6, 6.07) is 7.79. The third kappa shape index (κ3) is 5.81. The lowest BCUT2D eigenvalue weighted by Crippen LogP contribution is -2.60. The molecule has 35 heavy (non-hydrogen) atoms. The molecule has 0 unspecified atom stereocenters. The molecule has 2 N–H and O–H groups in total. The number of anilines is 3. The van der Waals surface area contributed by atoms with Crippen molar-refractivity contribution < 1.29 is 22.4 Å². The van der Waals surface area contributed by atoms with Crippen molar-refractivity contribution in [2.24, 2.45) is 5.92 Å². The molecule has 184 valence electrons. The van der Waals surface area contributed by atoms with E-state index in [2.05, 4.69) is 25.5 Å². The topological polar surface area (TPSA) is 95.9 Å². The van der Waals surface area contributed by atoms with Crippen LogP contribution in [0.5, 0.6) is 0 Å². The molecule has 3 aromatic rings. The number of alkyl halides is 4. The standard InChI is InChI=1S/C21H19F4N7OS2/c22-20(13-3-4-13)9-32(10-20)16-7-15(29-19-31-27-11-34-19)28-18(30-16)35-14-5-1-12(2-6-14)17(33)26-8-21(23,24)25/h1-2,5-7,11,13H,3-4,8-10H2,(H,26,33)(H,28,29,30,31).